The predicted octanol–water partition coefficient (Wildman–Crippen LogP) is -0.559. The quantitative estimate of drug-likeness (QED) is 0.808. The maximum atomic E-state index is 12.4. The third-order valence-electron chi connectivity index (χ3n) is 2.45. The van der Waals surface area contributed by atoms with Crippen LogP contribution in [0.2, 0.25) is 0 Å². The van der Waals surface area contributed by atoms with Crippen LogP contribution in [0.25, 0.3) is 11.3 Å². The largest absolute Gasteiger partial charge is 1.00 e. The van der Waals surface area contributed by atoms with E-state index in [2.05, 4.69) is 15.0 Å². The summed E-state index contributed by atoms with van der Waals surface area (Å²) in [6.07, 6.45) is -3.30. The summed E-state index contributed by atoms with van der Waals surface area (Å²) in [6, 6.07) is 3.89. The van der Waals surface area contributed by atoms with Crippen LogP contribution in [0.1, 0.15) is 18.6 Å². The molecule has 2 aromatic heterocycles. The number of halogens is 4. The molecule has 0 spiro atoms. The summed E-state index contributed by atoms with van der Waals surface area (Å²) in [6.45, 7) is 1.94. The van der Waals surface area contributed by atoms with Gasteiger partial charge in [-0.3, -0.25) is 4.98 Å². The number of hydrogen-bond acceptors (Lipinski definition) is 4. The van der Waals surface area contributed by atoms with Gasteiger partial charge in [-0.1, -0.05) is 0 Å². The first-order valence-corrected chi connectivity index (χ1v) is 5.48. The fourth-order valence-corrected chi connectivity index (χ4v) is 1.60. The van der Waals surface area contributed by atoms with E-state index in [-0.39, 0.29) is 20.4 Å². The number of nitrogens with two attached hydrogens (primary N) is 1. The van der Waals surface area contributed by atoms with E-state index in [0.29, 0.717) is 22.8 Å². The molecular weight excluding hydrogens is 293 g/mol. The van der Waals surface area contributed by atoms with Crippen molar-refractivity contribution in [2.24, 2.45) is 5.73 Å². The van der Waals surface area contributed by atoms with Gasteiger partial charge in [0, 0.05) is 18.3 Å². The summed E-state index contributed by atoms with van der Waals surface area (Å²) >= 11 is 0. The van der Waals surface area contributed by atoms with E-state index >= 15 is 0 Å². The summed E-state index contributed by atoms with van der Waals surface area (Å²) in [5.41, 5.74) is 6.19. The van der Waals surface area contributed by atoms with E-state index in [4.69, 9.17) is 5.73 Å². The molecule has 0 aliphatic rings. The molecule has 0 aliphatic heterocycles. The highest BCUT2D eigenvalue weighted by molar-refractivity contribution is 5.58. The fraction of sp³-hybridized carbons (Fsp3) is 0.250. The van der Waals surface area contributed by atoms with Gasteiger partial charge in [0.2, 0.25) is 0 Å². The lowest BCUT2D eigenvalue weighted by Gasteiger charge is -2.07. The van der Waals surface area contributed by atoms with E-state index in [1.165, 1.54) is 6.07 Å². The molecule has 4 nitrogen and oxygen atoms in total. The lowest BCUT2D eigenvalue weighted by Crippen LogP contribution is -3.00. The highest BCUT2D eigenvalue weighted by atomic mass is 35.5. The molecule has 0 atom stereocenters. The SMILES string of the molecule is Cc1nc(CN)cc(-c2ccc(C(F)(F)F)nc2)n1.[Cl-].[H+]. The van der Waals surface area contributed by atoms with Gasteiger partial charge in [-0.2, -0.15) is 13.2 Å². The Hall–Kier alpha value is -1.73. The number of rotatable bonds is 2. The molecule has 0 radical (unpaired) electrons. The first-order valence-electron chi connectivity index (χ1n) is 5.48. The van der Waals surface area contributed by atoms with Crippen LogP contribution in [0.3, 0.4) is 0 Å². The monoisotopic (exact) mass is 304 g/mol. The second-order valence-electron chi connectivity index (χ2n) is 3.93. The molecule has 0 amide bonds. The number of alkyl halides is 3. The van der Waals surface area contributed by atoms with Crippen LogP contribution in [-0.2, 0) is 12.7 Å². The van der Waals surface area contributed by atoms with Gasteiger partial charge in [-0.15, -0.1) is 0 Å². The predicted molar refractivity (Wildman–Crippen MR) is 64.0 cm³/mol. The van der Waals surface area contributed by atoms with Crippen LogP contribution >= 0.6 is 0 Å². The third kappa shape index (κ3) is 3.64. The molecule has 2 aromatic rings. The normalized spacial score (nSPS) is 11.1. The molecule has 0 aromatic carbocycles. The minimum atomic E-state index is -4.44. The van der Waals surface area contributed by atoms with Crippen molar-refractivity contribution in [3.63, 3.8) is 0 Å². The Morgan fingerprint density at radius 3 is 2.45 bits per heavy atom. The van der Waals surface area contributed by atoms with Gasteiger partial charge in [0.05, 0.1) is 11.4 Å². The first kappa shape index (κ1) is 16.3. The molecule has 0 unspecified atom stereocenters. The standard InChI is InChI=1S/C12H11F3N4.ClH/c1-7-18-9(5-16)4-10(19-7)8-2-3-11(17-6-8)12(13,14)15;/h2-4,6H,5,16H2,1H3;1H. The van der Waals surface area contributed by atoms with Crippen LogP contribution in [0.15, 0.2) is 24.4 Å². The highest BCUT2D eigenvalue weighted by Crippen LogP contribution is 2.28. The van der Waals surface area contributed by atoms with Crippen molar-refractivity contribution < 1.29 is 27.0 Å². The van der Waals surface area contributed by atoms with Gasteiger partial charge >= 0.3 is 7.60 Å². The van der Waals surface area contributed by atoms with E-state index in [1.54, 1.807) is 13.0 Å². The van der Waals surface area contributed by atoms with Gasteiger partial charge in [0.1, 0.15) is 11.5 Å². The highest BCUT2D eigenvalue weighted by Gasteiger charge is 2.32. The van der Waals surface area contributed by atoms with Crippen molar-refractivity contribution in [3.05, 3.63) is 41.6 Å². The second kappa shape index (κ2) is 6.15. The average Bonchev–Trinajstić information content (AvgIpc) is 2.37. The van der Waals surface area contributed by atoms with Gasteiger partial charge in [0.25, 0.3) is 0 Å². The molecule has 2 heterocycles. The van der Waals surface area contributed by atoms with Gasteiger partial charge in [-0.25, -0.2) is 9.97 Å². The Bertz CT molecular complexity index is 590. The lowest BCUT2D eigenvalue weighted by atomic mass is 10.1. The van der Waals surface area contributed by atoms with Crippen LogP contribution < -0.4 is 18.1 Å². The van der Waals surface area contributed by atoms with Crippen molar-refractivity contribution in [2.75, 3.05) is 0 Å². The molecule has 0 saturated carbocycles. The molecule has 0 saturated heterocycles. The second-order valence-corrected chi connectivity index (χ2v) is 3.93. The fourth-order valence-electron chi connectivity index (χ4n) is 1.60. The Morgan fingerprint density at radius 1 is 1.25 bits per heavy atom. The van der Waals surface area contributed by atoms with Gasteiger partial charge in [-0.05, 0) is 25.1 Å². The summed E-state index contributed by atoms with van der Waals surface area (Å²) in [4.78, 5) is 11.6. The molecule has 0 fully saturated rings. The minimum absolute atomic E-state index is 0. The Kier molecular flexibility index (Phi) is 5.02. The topological polar surface area (TPSA) is 64.7 Å². The summed E-state index contributed by atoms with van der Waals surface area (Å²) < 4.78 is 37.2. The molecule has 2 rings (SSSR count). The summed E-state index contributed by atoms with van der Waals surface area (Å²) in [7, 11) is 0. The van der Waals surface area contributed by atoms with Crippen molar-refractivity contribution in [3.8, 4) is 11.3 Å². The van der Waals surface area contributed by atoms with Crippen molar-refractivity contribution in [2.45, 2.75) is 19.6 Å². The molecule has 2 N–H and O–H groups in total. The number of hydrogen-bond donors (Lipinski definition) is 1. The van der Waals surface area contributed by atoms with Gasteiger partial charge in [0.15, 0.2) is 0 Å². The molecular formula is C12H12ClF3N4. The molecule has 20 heavy (non-hydrogen) atoms. The maximum Gasteiger partial charge on any atom is 1.00 e. The number of pyridine rings is 1. The summed E-state index contributed by atoms with van der Waals surface area (Å²) in [5, 5.41) is 0. The third-order valence-corrected chi connectivity index (χ3v) is 2.45. The Morgan fingerprint density at radius 2 is 1.95 bits per heavy atom. The van der Waals surface area contributed by atoms with E-state index < -0.39 is 11.9 Å². The van der Waals surface area contributed by atoms with Crippen molar-refractivity contribution in [1.29, 1.82) is 0 Å². The molecule has 0 aliphatic carbocycles. The lowest BCUT2D eigenvalue weighted by molar-refractivity contribution is -0.141. The smallest absolute Gasteiger partial charge is 1.00 e. The number of aryl methyl sites for hydroxylation is 1. The number of aromatic nitrogens is 3. The van der Waals surface area contributed by atoms with Crippen LogP contribution in [0, 0.1) is 6.92 Å². The van der Waals surface area contributed by atoms with E-state index in [9.17, 15) is 13.2 Å². The summed E-state index contributed by atoms with van der Waals surface area (Å²) in [5.74, 6) is 0.512. The Labute approximate surface area is 121 Å². The Balaban J connectivity index is 0.00000200. The van der Waals surface area contributed by atoms with Gasteiger partial charge < -0.3 is 18.1 Å². The minimum Gasteiger partial charge on any atom is -1.00 e. The zero-order valence-electron chi connectivity index (χ0n) is 11.4. The van der Waals surface area contributed by atoms with E-state index in [1.807, 2.05) is 0 Å². The maximum absolute atomic E-state index is 12.4. The molecule has 8 heteroatoms. The van der Waals surface area contributed by atoms with E-state index in [0.717, 1.165) is 12.3 Å². The zero-order valence-corrected chi connectivity index (χ0v) is 11.2. The van der Waals surface area contributed by atoms with Crippen molar-refractivity contribution >= 4 is 0 Å². The van der Waals surface area contributed by atoms with Crippen molar-refractivity contribution in [1.82, 2.24) is 15.0 Å². The van der Waals surface area contributed by atoms with Crippen LogP contribution in [0.4, 0.5) is 13.2 Å². The zero-order chi connectivity index (χ0) is 14.0. The molecule has 0 bridgehead atoms. The van der Waals surface area contributed by atoms with Crippen LogP contribution in [0.5, 0.6) is 0 Å². The first-order chi connectivity index (χ1) is 8.90. The molecule has 108 valence electrons. The number of nitrogens with zero attached hydrogens (tertiary/aromatic N) is 3. The average molecular weight is 305 g/mol. The van der Waals surface area contributed by atoms with Crippen LogP contribution in [-0.4, -0.2) is 15.0 Å².